The molecule has 1 N–H and O–H groups in total. The number of imidazole rings is 1. The lowest BCUT2D eigenvalue weighted by Gasteiger charge is -2.12. The van der Waals surface area contributed by atoms with Gasteiger partial charge in [-0.25, -0.2) is 4.98 Å². The Labute approximate surface area is 89.8 Å². The van der Waals surface area contributed by atoms with E-state index in [4.69, 9.17) is 16.3 Å². The Morgan fingerprint density at radius 1 is 1.64 bits per heavy atom. The number of hydrogen-bond acceptors (Lipinski definition) is 2. The molecule has 3 nitrogen and oxygen atoms in total. The summed E-state index contributed by atoms with van der Waals surface area (Å²) in [6.45, 7) is 4.73. The topological polar surface area (TPSA) is 37.9 Å². The van der Waals surface area contributed by atoms with Crippen molar-refractivity contribution in [2.24, 2.45) is 0 Å². The molecule has 1 atom stereocenters. The Bertz CT molecular complexity index is 262. The van der Waals surface area contributed by atoms with Crippen LogP contribution in [0.5, 0.6) is 0 Å². The maximum absolute atomic E-state index is 5.77. The summed E-state index contributed by atoms with van der Waals surface area (Å²) in [6.07, 6.45) is 3.73. The number of aromatic amines is 1. The average Bonchev–Trinajstić information content (AvgIpc) is 2.59. The van der Waals surface area contributed by atoms with Gasteiger partial charge in [0.15, 0.2) is 0 Å². The van der Waals surface area contributed by atoms with Gasteiger partial charge in [-0.2, -0.15) is 0 Å². The molecule has 0 saturated heterocycles. The van der Waals surface area contributed by atoms with E-state index in [2.05, 4.69) is 9.97 Å². The second-order valence-corrected chi connectivity index (χ2v) is 3.55. The monoisotopic (exact) mass is 216 g/mol. The number of rotatable bonds is 6. The molecule has 0 fully saturated rings. The van der Waals surface area contributed by atoms with Gasteiger partial charge in [-0.05, 0) is 26.7 Å². The van der Waals surface area contributed by atoms with E-state index in [1.807, 2.05) is 13.8 Å². The van der Waals surface area contributed by atoms with Gasteiger partial charge in [0.2, 0.25) is 0 Å². The molecule has 0 spiro atoms. The first-order chi connectivity index (χ1) is 6.77. The number of halogens is 1. The zero-order valence-electron chi connectivity index (χ0n) is 8.72. The molecule has 0 bridgehead atoms. The smallest absolute Gasteiger partial charge is 0.0925 e. The molecule has 1 aromatic rings. The number of hydrogen-bond donors (Lipinski definition) is 1. The summed E-state index contributed by atoms with van der Waals surface area (Å²) >= 11 is 5.77. The van der Waals surface area contributed by atoms with Gasteiger partial charge < -0.3 is 9.72 Å². The minimum Gasteiger partial charge on any atom is -0.377 e. The number of H-pyrrole nitrogens is 1. The van der Waals surface area contributed by atoms with Crippen molar-refractivity contribution in [3.8, 4) is 0 Å². The average molecular weight is 217 g/mol. The van der Waals surface area contributed by atoms with E-state index in [9.17, 15) is 0 Å². The summed E-state index contributed by atoms with van der Waals surface area (Å²) in [6, 6.07) is 0. The molecule has 0 amide bonds. The first-order valence-corrected chi connectivity index (χ1v) is 5.47. The second-order valence-electron chi connectivity index (χ2n) is 3.24. The fourth-order valence-corrected chi connectivity index (χ4v) is 1.62. The lowest BCUT2D eigenvalue weighted by molar-refractivity contribution is 0.0728. The standard InChI is InChI=1S/C10H17ClN2O/c1-3-14-9(6-11)4-5-10-8(2)12-7-13-10/h7,9H,3-6H2,1-2H3,(H,12,13). The van der Waals surface area contributed by atoms with Crippen molar-refractivity contribution in [1.29, 1.82) is 0 Å². The number of aryl methyl sites for hydroxylation is 2. The number of nitrogens with one attached hydrogen (secondary N) is 1. The highest BCUT2D eigenvalue weighted by Crippen LogP contribution is 2.09. The number of nitrogens with zero attached hydrogens (tertiary/aromatic N) is 1. The molecule has 4 heteroatoms. The molecule has 0 saturated carbocycles. The third kappa shape index (κ3) is 3.31. The quantitative estimate of drug-likeness (QED) is 0.741. The van der Waals surface area contributed by atoms with Crippen molar-refractivity contribution in [3.63, 3.8) is 0 Å². The Morgan fingerprint density at radius 3 is 2.93 bits per heavy atom. The maximum Gasteiger partial charge on any atom is 0.0925 e. The Morgan fingerprint density at radius 2 is 2.43 bits per heavy atom. The molecule has 1 rings (SSSR count). The maximum atomic E-state index is 5.77. The molecule has 1 aromatic heterocycles. The van der Waals surface area contributed by atoms with Crippen LogP contribution >= 0.6 is 11.6 Å². The Hall–Kier alpha value is -0.540. The predicted molar refractivity (Wildman–Crippen MR) is 57.8 cm³/mol. The molecule has 80 valence electrons. The van der Waals surface area contributed by atoms with Gasteiger partial charge in [0.1, 0.15) is 0 Å². The van der Waals surface area contributed by atoms with Crippen LogP contribution < -0.4 is 0 Å². The lowest BCUT2D eigenvalue weighted by Crippen LogP contribution is -2.16. The minimum atomic E-state index is 0.151. The fourth-order valence-electron chi connectivity index (χ4n) is 1.38. The van der Waals surface area contributed by atoms with E-state index < -0.39 is 0 Å². The van der Waals surface area contributed by atoms with E-state index in [1.54, 1.807) is 6.33 Å². The molecular weight excluding hydrogens is 200 g/mol. The Kier molecular flexibility index (Phi) is 4.98. The number of alkyl halides is 1. The molecule has 1 heterocycles. The van der Waals surface area contributed by atoms with Crippen LogP contribution in [0, 0.1) is 6.92 Å². The van der Waals surface area contributed by atoms with Crippen molar-refractivity contribution in [1.82, 2.24) is 9.97 Å². The third-order valence-corrected chi connectivity index (χ3v) is 2.56. The molecule has 0 radical (unpaired) electrons. The van der Waals surface area contributed by atoms with Crippen LogP contribution in [0.4, 0.5) is 0 Å². The highest BCUT2D eigenvalue weighted by atomic mass is 35.5. The molecule has 0 aliphatic rings. The SMILES string of the molecule is CCOC(CCl)CCc1nc[nH]c1C. The van der Waals surface area contributed by atoms with Gasteiger partial charge in [-0.1, -0.05) is 0 Å². The van der Waals surface area contributed by atoms with Gasteiger partial charge in [0.05, 0.1) is 18.1 Å². The summed E-state index contributed by atoms with van der Waals surface area (Å²) in [5.74, 6) is 0.553. The van der Waals surface area contributed by atoms with Gasteiger partial charge in [-0.15, -0.1) is 11.6 Å². The molecule has 0 aromatic carbocycles. The summed E-state index contributed by atoms with van der Waals surface area (Å²) in [7, 11) is 0. The van der Waals surface area contributed by atoms with E-state index in [1.165, 1.54) is 0 Å². The molecule has 14 heavy (non-hydrogen) atoms. The van der Waals surface area contributed by atoms with Crippen LogP contribution in [0.1, 0.15) is 24.7 Å². The van der Waals surface area contributed by atoms with Crippen LogP contribution in [0.3, 0.4) is 0 Å². The van der Waals surface area contributed by atoms with Gasteiger partial charge >= 0.3 is 0 Å². The van der Waals surface area contributed by atoms with E-state index in [-0.39, 0.29) is 6.10 Å². The van der Waals surface area contributed by atoms with E-state index in [0.29, 0.717) is 5.88 Å². The van der Waals surface area contributed by atoms with Gasteiger partial charge in [0, 0.05) is 18.2 Å². The summed E-state index contributed by atoms with van der Waals surface area (Å²) in [5, 5.41) is 0. The fraction of sp³-hybridized carbons (Fsp3) is 0.700. The zero-order valence-corrected chi connectivity index (χ0v) is 9.47. The molecule has 0 aliphatic carbocycles. The number of ether oxygens (including phenoxy) is 1. The van der Waals surface area contributed by atoms with Crippen molar-refractivity contribution < 1.29 is 4.74 Å². The van der Waals surface area contributed by atoms with Gasteiger partial charge in [-0.3, -0.25) is 0 Å². The minimum absolute atomic E-state index is 0.151. The second kappa shape index (κ2) is 6.04. The van der Waals surface area contributed by atoms with E-state index in [0.717, 1.165) is 30.8 Å². The van der Waals surface area contributed by atoms with Crippen LogP contribution in [0.2, 0.25) is 0 Å². The van der Waals surface area contributed by atoms with Crippen LogP contribution in [0.15, 0.2) is 6.33 Å². The highest BCUT2D eigenvalue weighted by Gasteiger charge is 2.09. The van der Waals surface area contributed by atoms with Crippen molar-refractivity contribution >= 4 is 11.6 Å². The normalized spacial score (nSPS) is 13.1. The lowest BCUT2D eigenvalue weighted by atomic mass is 10.1. The van der Waals surface area contributed by atoms with Crippen molar-refractivity contribution in [2.75, 3.05) is 12.5 Å². The van der Waals surface area contributed by atoms with E-state index >= 15 is 0 Å². The summed E-state index contributed by atoms with van der Waals surface area (Å²) in [5.41, 5.74) is 2.25. The highest BCUT2D eigenvalue weighted by molar-refractivity contribution is 6.18. The third-order valence-electron chi connectivity index (χ3n) is 2.21. The van der Waals surface area contributed by atoms with Crippen molar-refractivity contribution in [3.05, 3.63) is 17.7 Å². The first-order valence-electron chi connectivity index (χ1n) is 4.94. The van der Waals surface area contributed by atoms with Crippen LogP contribution in [0.25, 0.3) is 0 Å². The summed E-state index contributed by atoms with van der Waals surface area (Å²) in [4.78, 5) is 7.29. The first kappa shape index (κ1) is 11.5. The summed E-state index contributed by atoms with van der Waals surface area (Å²) < 4.78 is 5.46. The van der Waals surface area contributed by atoms with Crippen LogP contribution in [-0.2, 0) is 11.2 Å². The molecular formula is C10H17ClN2O. The molecule has 0 aliphatic heterocycles. The zero-order chi connectivity index (χ0) is 10.4. The van der Waals surface area contributed by atoms with Gasteiger partial charge in [0.25, 0.3) is 0 Å². The predicted octanol–water partition coefficient (Wildman–Crippen LogP) is 2.29. The largest absolute Gasteiger partial charge is 0.377 e. The Balaban J connectivity index is 2.35. The molecule has 1 unspecified atom stereocenters. The van der Waals surface area contributed by atoms with Crippen molar-refractivity contribution in [2.45, 2.75) is 32.8 Å². The number of aromatic nitrogens is 2. The van der Waals surface area contributed by atoms with Crippen LogP contribution in [-0.4, -0.2) is 28.6 Å².